The second-order valence-electron chi connectivity index (χ2n) is 11.4. The van der Waals surface area contributed by atoms with Crippen LogP contribution in [0.3, 0.4) is 0 Å². The molecule has 38 heavy (non-hydrogen) atoms. The number of hydrogen-bond acceptors (Lipinski definition) is 3. The van der Waals surface area contributed by atoms with Gasteiger partial charge in [-0.05, 0) is 57.2 Å². The van der Waals surface area contributed by atoms with Crippen LogP contribution in [0.5, 0.6) is 0 Å². The van der Waals surface area contributed by atoms with Crippen molar-refractivity contribution in [3.05, 3.63) is 83.7 Å². The molecule has 3 aliphatic rings. The summed E-state index contributed by atoms with van der Waals surface area (Å²) in [5.41, 5.74) is 4.87. The fourth-order valence-corrected chi connectivity index (χ4v) is 7.09. The summed E-state index contributed by atoms with van der Waals surface area (Å²) in [7, 11) is 0. The van der Waals surface area contributed by atoms with E-state index in [1.54, 1.807) is 0 Å². The molecule has 2 aromatic carbocycles. The summed E-state index contributed by atoms with van der Waals surface area (Å²) in [5.74, 6) is 0. The number of rotatable bonds is 6. The Morgan fingerprint density at radius 2 is 1.50 bits per heavy atom. The van der Waals surface area contributed by atoms with Crippen molar-refractivity contribution in [2.45, 2.75) is 83.0 Å². The van der Waals surface area contributed by atoms with E-state index in [1.165, 1.54) is 36.1 Å². The van der Waals surface area contributed by atoms with Crippen molar-refractivity contribution in [2.75, 3.05) is 19.6 Å². The largest absolute Gasteiger partial charge is 0.321 e. The second kappa shape index (κ2) is 10.9. The van der Waals surface area contributed by atoms with Crippen molar-refractivity contribution in [3.8, 4) is 5.69 Å². The van der Waals surface area contributed by atoms with Crippen LogP contribution in [0.1, 0.15) is 80.8 Å². The van der Waals surface area contributed by atoms with E-state index in [0.717, 1.165) is 51.0 Å². The number of para-hydroxylation sites is 1. The molecule has 6 nitrogen and oxygen atoms in total. The molecule has 3 aromatic rings. The Kier molecular flexibility index (Phi) is 7.24. The zero-order valence-corrected chi connectivity index (χ0v) is 22.9. The third kappa shape index (κ3) is 4.75. The van der Waals surface area contributed by atoms with E-state index in [2.05, 4.69) is 83.1 Å². The Labute approximate surface area is 227 Å². The van der Waals surface area contributed by atoms with Gasteiger partial charge in [-0.3, -0.25) is 4.90 Å². The van der Waals surface area contributed by atoms with Crippen LogP contribution in [0.25, 0.3) is 5.69 Å². The summed E-state index contributed by atoms with van der Waals surface area (Å²) in [6.07, 6.45) is 10.2. The molecule has 0 radical (unpaired) electrons. The molecule has 2 aliphatic heterocycles. The van der Waals surface area contributed by atoms with Crippen LogP contribution >= 0.6 is 0 Å². The first kappa shape index (κ1) is 25.2. The maximum Gasteiger partial charge on any atom is 0.321 e. The minimum Gasteiger partial charge on any atom is -0.319 e. The molecule has 0 bridgehead atoms. The van der Waals surface area contributed by atoms with Crippen LogP contribution in [0.4, 0.5) is 4.79 Å². The van der Waals surface area contributed by atoms with Crippen molar-refractivity contribution in [1.29, 1.82) is 0 Å². The van der Waals surface area contributed by atoms with Gasteiger partial charge in [0.15, 0.2) is 0 Å². The van der Waals surface area contributed by atoms with Gasteiger partial charge in [0.05, 0.1) is 17.9 Å². The quantitative estimate of drug-likeness (QED) is 0.379. The third-order valence-electron chi connectivity index (χ3n) is 9.31. The van der Waals surface area contributed by atoms with E-state index in [1.807, 2.05) is 16.9 Å². The van der Waals surface area contributed by atoms with E-state index < -0.39 is 0 Å². The second-order valence-corrected chi connectivity index (χ2v) is 11.4. The van der Waals surface area contributed by atoms with Gasteiger partial charge in [0, 0.05) is 49.0 Å². The molecule has 0 N–H and O–H groups in total. The van der Waals surface area contributed by atoms with Crippen LogP contribution in [0, 0.1) is 6.92 Å². The number of carbonyl (C=O) groups is 1. The van der Waals surface area contributed by atoms with Crippen LogP contribution in [-0.4, -0.2) is 62.2 Å². The van der Waals surface area contributed by atoms with E-state index >= 15 is 0 Å². The number of likely N-dealkylation sites (tertiary alicyclic amines) is 1. The molecule has 3 heterocycles. The van der Waals surface area contributed by atoms with Gasteiger partial charge in [0.25, 0.3) is 0 Å². The molecule has 0 spiro atoms. The minimum atomic E-state index is 0.158. The van der Waals surface area contributed by atoms with Crippen LogP contribution in [0.15, 0.2) is 66.9 Å². The molecule has 1 aliphatic carbocycles. The SMILES string of the molecule is Cc1c(C(C)N2CCC(N3C(=O)N(C4CCCCC4)C[C@H]3c3ccccc3)CC2)cnn1-c1ccccc1. The lowest BCUT2D eigenvalue weighted by atomic mass is 9.94. The molecule has 2 amide bonds. The molecule has 2 atom stereocenters. The fourth-order valence-electron chi connectivity index (χ4n) is 7.09. The Hall–Kier alpha value is -3.12. The maximum absolute atomic E-state index is 13.9. The molecule has 1 saturated carbocycles. The van der Waals surface area contributed by atoms with E-state index in [9.17, 15) is 4.79 Å². The highest BCUT2D eigenvalue weighted by Crippen LogP contribution is 2.39. The molecule has 1 unspecified atom stereocenters. The first-order valence-electron chi connectivity index (χ1n) is 14.6. The van der Waals surface area contributed by atoms with E-state index in [4.69, 9.17) is 5.10 Å². The van der Waals surface area contributed by atoms with Gasteiger partial charge in [-0.1, -0.05) is 67.8 Å². The van der Waals surface area contributed by atoms with E-state index in [-0.39, 0.29) is 18.1 Å². The van der Waals surface area contributed by atoms with Gasteiger partial charge in [-0.2, -0.15) is 5.10 Å². The third-order valence-corrected chi connectivity index (χ3v) is 9.31. The number of benzene rings is 2. The van der Waals surface area contributed by atoms with Crippen LogP contribution in [-0.2, 0) is 0 Å². The number of hydrogen-bond donors (Lipinski definition) is 0. The van der Waals surface area contributed by atoms with Gasteiger partial charge in [-0.25, -0.2) is 9.48 Å². The number of aromatic nitrogens is 2. The normalized spacial score (nSPS) is 22.8. The lowest BCUT2D eigenvalue weighted by Crippen LogP contribution is -2.48. The molecule has 6 rings (SSSR count). The zero-order valence-electron chi connectivity index (χ0n) is 22.9. The Morgan fingerprint density at radius 1 is 0.842 bits per heavy atom. The van der Waals surface area contributed by atoms with Crippen molar-refractivity contribution in [3.63, 3.8) is 0 Å². The average molecular weight is 512 g/mol. The summed E-state index contributed by atoms with van der Waals surface area (Å²) in [6.45, 7) is 7.30. The summed E-state index contributed by atoms with van der Waals surface area (Å²) in [5, 5.41) is 4.72. The highest BCUT2D eigenvalue weighted by Gasteiger charge is 2.45. The Bertz CT molecular complexity index is 1210. The summed E-state index contributed by atoms with van der Waals surface area (Å²) in [4.78, 5) is 21.0. The zero-order chi connectivity index (χ0) is 26.1. The summed E-state index contributed by atoms with van der Waals surface area (Å²) >= 11 is 0. The lowest BCUT2D eigenvalue weighted by molar-refractivity contribution is 0.0920. The van der Waals surface area contributed by atoms with Crippen molar-refractivity contribution >= 4 is 6.03 Å². The monoisotopic (exact) mass is 511 g/mol. The van der Waals surface area contributed by atoms with Crippen LogP contribution in [0.2, 0.25) is 0 Å². The number of piperidine rings is 1. The Balaban J connectivity index is 1.17. The molecule has 200 valence electrons. The molecule has 3 fully saturated rings. The van der Waals surface area contributed by atoms with Crippen LogP contribution < -0.4 is 0 Å². The van der Waals surface area contributed by atoms with E-state index in [0.29, 0.717) is 12.1 Å². The van der Waals surface area contributed by atoms with Gasteiger partial charge >= 0.3 is 6.03 Å². The smallest absolute Gasteiger partial charge is 0.319 e. The Morgan fingerprint density at radius 3 is 2.18 bits per heavy atom. The first-order valence-corrected chi connectivity index (χ1v) is 14.6. The number of carbonyl (C=O) groups excluding carboxylic acids is 1. The standard InChI is InChI=1S/C32H41N5O/c1-24(30-22-33-37(25(30)2)29-16-10-5-11-17-29)34-20-18-28(19-21-34)36-31(26-12-6-3-7-13-26)23-35(32(36)38)27-14-8-4-9-15-27/h3,5-7,10-13,16-17,22,24,27-28,31H,4,8-9,14-15,18-21,23H2,1-2H3/t24?,31-/m0/s1. The lowest BCUT2D eigenvalue weighted by Gasteiger charge is -2.41. The highest BCUT2D eigenvalue weighted by atomic mass is 16.2. The first-order chi connectivity index (χ1) is 18.6. The highest BCUT2D eigenvalue weighted by molar-refractivity contribution is 5.78. The van der Waals surface area contributed by atoms with Gasteiger partial charge in [-0.15, -0.1) is 0 Å². The van der Waals surface area contributed by atoms with Gasteiger partial charge in [0.1, 0.15) is 0 Å². The number of urea groups is 1. The predicted octanol–water partition coefficient (Wildman–Crippen LogP) is 6.52. The molecule has 6 heteroatoms. The molecular formula is C32H41N5O. The van der Waals surface area contributed by atoms with Crippen molar-refractivity contribution in [1.82, 2.24) is 24.5 Å². The van der Waals surface area contributed by atoms with Gasteiger partial charge < -0.3 is 9.80 Å². The maximum atomic E-state index is 13.9. The van der Waals surface area contributed by atoms with Gasteiger partial charge in [0.2, 0.25) is 0 Å². The average Bonchev–Trinajstić information content (AvgIpc) is 3.54. The summed E-state index contributed by atoms with van der Waals surface area (Å²) < 4.78 is 2.05. The summed E-state index contributed by atoms with van der Waals surface area (Å²) in [6, 6.07) is 22.5. The molecular weight excluding hydrogens is 470 g/mol. The number of amides is 2. The minimum absolute atomic E-state index is 0.158. The molecule has 1 aromatic heterocycles. The predicted molar refractivity (Wildman–Crippen MR) is 151 cm³/mol. The topological polar surface area (TPSA) is 44.6 Å². The van der Waals surface area contributed by atoms with Crippen molar-refractivity contribution in [2.24, 2.45) is 0 Å². The van der Waals surface area contributed by atoms with Crippen molar-refractivity contribution < 1.29 is 4.79 Å². The molecule has 2 saturated heterocycles. The number of nitrogens with zero attached hydrogens (tertiary/aromatic N) is 5. The fraction of sp³-hybridized carbons (Fsp3) is 0.500.